The van der Waals surface area contributed by atoms with Gasteiger partial charge in [-0.05, 0) is 62.7 Å². The minimum absolute atomic E-state index is 0.0595. The highest BCUT2D eigenvalue weighted by molar-refractivity contribution is 7.16. The van der Waals surface area contributed by atoms with Crippen LogP contribution < -0.4 is 15.4 Å². The molecule has 9 heteroatoms. The largest absolute Gasteiger partial charge is 0.435 e. The van der Waals surface area contributed by atoms with Crippen molar-refractivity contribution < 1.29 is 18.3 Å². The SMILES string of the molecule is Cc1cc(C)nc(N[C@H](c2ccc(OC(F)F)cc2)c2cc(C)sc2NC(=O)c2ccccc2)n1. The van der Waals surface area contributed by atoms with Crippen molar-refractivity contribution in [1.82, 2.24) is 9.97 Å². The number of anilines is 2. The summed E-state index contributed by atoms with van der Waals surface area (Å²) < 4.78 is 29.8. The summed E-state index contributed by atoms with van der Waals surface area (Å²) in [5.74, 6) is 0.254. The van der Waals surface area contributed by atoms with E-state index >= 15 is 0 Å². The van der Waals surface area contributed by atoms with Crippen LogP contribution in [-0.2, 0) is 0 Å². The number of carbonyl (C=O) groups excluding carboxylic acids is 1. The number of hydrogen-bond acceptors (Lipinski definition) is 6. The van der Waals surface area contributed by atoms with Crippen LogP contribution in [0.1, 0.15) is 43.8 Å². The number of nitrogens with zero attached hydrogens (tertiary/aromatic N) is 2. The number of ether oxygens (including phenoxy) is 1. The van der Waals surface area contributed by atoms with Gasteiger partial charge in [0.05, 0.1) is 6.04 Å². The molecule has 0 unspecified atom stereocenters. The molecule has 2 aromatic heterocycles. The molecule has 4 rings (SSSR count). The summed E-state index contributed by atoms with van der Waals surface area (Å²) in [5, 5.41) is 7.06. The molecular formula is C26H24F2N4O2S. The highest BCUT2D eigenvalue weighted by Gasteiger charge is 2.23. The van der Waals surface area contributed by atoms with E-state index in [1.807, 2.05) is 39.0 Å². The van der Waals surface area contributed by atoms with Gasteiger partial charge in [-0.15, -0.1) is 11.3 Å². The molecule has 35 heavy (non-hydrogen) atoms. The van der Waals surface area contributed by atoms with Crippen LogP contribution in [0.15, 0.2) is 66.7 Å². The Labute approximate surface area is 206 Å². The second-order valence-corrected chi connectivity index (χ2v) is 9.22. The molecule has 0 aliphatic carbocycles. The average Bonchev–Trinajstić information content (AvgIpc) is 3.17. The van der Waals surface area contributed by atoms with Gasteiger partial charge in [-0.2, -0.15) is 8.78 Å². The lowest BCUT2D eigenvalue weighted by molar-refractivity contribution is -0.0498. The zero-order valence-electron chi connectivity index (χ0n) is 19.4. The average molecular weight is 495 g/mol. The molecule has 4 aromatic rings. The zero-order valence-corrected chi connectivity index (χ0v) is 20.2. The molecule has 0 saturated carbocycles. The Kier molecular flexibility index (Phi) is 7.36. The minimum atomic E-state index is -2.90. The Bertz CT molecular complexity index is 1290. The van der Waals surface area contributed by atoms with Crippen LogP contribution in [0.2, 0.25) is 0 Å². The fourth-order valence-electron chi connectivity index (χ4n) is 3.71. The van der Waals surface area contributed by atoms with Crippen molar-refractivity contribution in [3.05, 3.63) is 99.7 Å². The van der Waals surface area contributed by atoms with Gasteiger partial charge in [0.1, 0.15) is 10.8 Å². The zero-order chi connectivity index (χ0) is 24.9. The van der Waals surface area contributed by atoms with Gasteiger partial charge in [0, 0.05) is 27.4 Å². The highest BCUT2D eigenvalue weighted by atomic mass is 32.1. The topological polar surface area (TPSA) is 76.1 Å². The van der Waals surface area contributed by atoms with Crippen molar-refractivity contribution in [2.45, 2.75) is 33.4 Å². The van der Waals surface area contributed by atoms with Gasteiger partial charge < -0.3 is 15.4 Å². The van der Waals surface area contributed by atoms with E-state index in [-0.39, 0.29) is 11.7 Å². The van der Waals surface area contributed by atoms with Gasteiger partial charge in [-0.25, -0.2) is 9.97 Å². The molecule has 0 fully saturated rings. The lowest BCUT2D eigenvalue weighted by atomic mass is 10.00. The Hall–Kier alpha value is -3.85. The van der Waals surface area contributed by atoms with Crippen molar-refractivity contribution in [2.24, 2.45) is 0 Å². The maximum Gasteiger partial charge on any atom is 0.387 e. The first-order valence-corrected chi connectivity index (χ1v) is 11.7. The number of alkyl halides is 2. The summed E-state index contributed by atoms with van der Waals surface area (Å²) in [6, 6.07) is 18.7. The van der Waals surface area contributed by atoms with Gasteiger partial charge in [0.15, 0.2) is 0 Å². The van der Waals surface area contributed by atoms with E-state index < -0.39 is 12.7 Å². The number of rotatable bonds is 8. The molecule has 1 amide bonds. The number of carbonyl (C=O) groups is 1. The van der Waals surface area contributed by atoms with E-state index in [9.17, 15) is 13.6 Å². The Balaban J connectivity index is 1.72. The maximum absolute atomic E-state index is 12.9. The smallest absolute Gasteiger partial charge is 0.387 e. The fourth-order valence-corrected chi connectivity index (χ4v) is 4.66. The summed E-state index contributed by atoms with van der Waals surface area (Å²) in [4.78, 5) is 22.9. The molecule has 0 radical (unpaired) electrons. The lowest BCUT2D eigenvalue weighted by Crippen LogP contribution is -2.18. The van der Waals surface area contributed by atoms with Crippen molar-refractivity contribution in [3.63, 3.8) is 0 Å². The van der Waals surface area contributed by atoms with E-state index in [4.69, 9.17) is 0 Å². The number of hydrogen-bond donors (Lipinski definition) is 2. The predicted molar refractivity (Wildman–Crippen MR) is 133 cm³/mol. The van der Waals surface area contributed by atoms with Crippen molar-refractivity contribution in [3.8, 4) is 5.75 Å². The minimum Gasteiger partial charge on any atom is -0.435 e. The van der Waals surface area contributed by atoms with Crippen molar-refractivity contribution >= 4 is 28.2 Å². The van der Waals surface area contributed by atoms with Gasteiger partial charge in [0.25, 0.3) is 5.91 Å². The Morgan fingerprint density at radius 1 is 0.943 bits per heavy atom. The van der Waals surface area contributed by atoms with E-state index in [2.05, 4.69) is 25.3 Å². The first-order valence-electron chi connectivity index (χ1n) is 10.9. The first kappa shape index (κ1) is 24.3. The molecule has 2 N–H and O–H groups in total. The summed E-state index contributed by atoms with van der Waals surface area (Å²) in [5.41, 5.74) is 3.72. The number of aryl methyl sites for hydroxylation is 3. The Morgan fingerprint density at radius 3 is 2.23 bits per heavy atom. The molecule has 1 atom stereocenters. The lowest BCUT2D eigenvalue weighted by Gasteiger charge is -2.21. The monoisotopic (exact) mass is 494 g/mol. The maximum atomic E-state index is 12.9. The van der Waals surface area contributed by atoms with Crippen LogP contribution >= 0.6 is 11.3 Å². The molecule has 2 heterocycles. The molecule has 0 aliphatic heterocycles. The number of benzene rings is 2. The molecule has 0 bridgehead atoms. The third-order valence-corrected chi connectivity index (χ3v) is 6.13. The van der Waals surface area contributed by atoms with E-state index in [0.29, 0.717) is 16.5 Å². The third kappa shape index (κ3) is 6.19. The molecular weight excluding hydrogens is 470 g/mol. The van der Waals surface area contributed by atoms with Crippen molar-refractivity contribution in [2.75, 3.05) is 10.6 Å². The van der Waals surface area contributed by atoms with Crippen LogP contribution in [0.5, 0.6) is 5.75 Å². The van der Waals surface area contributed by atoms with Gasteiger partial charge in [-0.3, -0.25) is 4.79 Å². The van der Waals surface area contributed by atoms with Crippen LogP contribution in [0.4, 0.5) is 19.7 Å². The number of halogens is 2. The molecule has 6 nitrogen and oxygen atoms in total. The van der Waals surface area contributed by atoms with E-state index in [1.54, 1.807) is 36.4 Å². The van der Waals surface area contributed by atoms with Gasteiger partial charge in [0.2, 0.25) is 5.95 Å². The summed E-state index contributed by atoms with van der Waals surface area (Å²) in [6.07, 6.45) is 0. The number of amides is 1. The summed E-state index contributed by atoms with van der Waals surface area (Å²) in [7, 11) is 0. The standard InChI is InChI=1S/C26H24F2N4O2S/c1-15-13-16(2)30-26(29-15)31-22(18-9-11-20(12-10-18)34-25(27)28)21-14-17(3)35-24(21)32-23(33)19-7-5-4-6-8-19/h4-14,22,25H,1-3H3,(H,32,33)(H,29,30,31)/t22-/m1/s1. The van der Waals surface area contributed by atoms with Crippen LogP contribution in [0.3, 0.4) is 0 Å². The second-order valence-electron chi connectivity index (χ2n) is 7.96. The second kappa shape index (κ2) is 10.6. The Morgan fingerprint density at radius 2 is 1.60 bits per heavy atom. The molecule has 0 saturated heterocycles. The summed E-state index contributed by atoms with van der Waals surface area (Å²) in [6.45, 7) is 2.81. The number of thiophene rings is 1. The van der Waals surface area contributed by atoms with E-state index in [0.717, 1.165) is 27.4 Å². The normalized spacial score (nSPS) is 11.8. The molecule has 0 aliphatic rings. The van der Waals surface area contributed by atoms with E-state index in [1.165, 1.54) is 23.5 Å². The van der Waals surface area contributed by atoms with Crippen LogP contribution in [0, 0.1) is 20.8 Å². The van der Waals surface area contributed by atoms with Crippen LogP contribution in [-0.4, -0.2) is 22.5 Å². The number of nitrogens with one attached hydrogen (secondary N) is 2. The fraction of sp³-hybridized carbons (Fsp3) is 0.192. The third-order valence-electron chi connectivity index (χ3n) is 5.15. The highest BCUT2D eigenvalue weighted by Crippen LogP contribution is 2.38. The molecule has 2 aromatic carbocycles. The van der Waals surface area contributed by atoms with Crippen molar-refractivity contribution in [1.29, 1.82) is 0 Å². The van der Waals surface area contributed by atoms with Gasteiger partial charge >= 0.3 is 6.61 Å². The van der Waals surface area contributed by atoms with Crippen LogP contribution in [0.25, 0.3) is 0 Å². The predicted octanol–water partition coefficient (Wildman–Crippen LogP) is 6.52. The summed E-state index contributed by atoms with van der Waals surface area (Å²) >= 11 is 1.45. The number of aromatic nitrogens is 2. The first-order chi connectivity index (χ1) is 16.8. The quantitative estimate of drug-likeness (QED) is 0.292. The van der Waals surface area contributed by atoms with Gasteiger partial charge in [-0.1, -0.05) is 30.3 Å². The molecule has 0 spiro atoms. The molecule has 180 valence electrons.